The smallest absolute Gasteiger partial charge is 0.431 e. The summed E-state index contributed by atoms with van der Waals surface area (Å²) >= 11 is 0. The van der Waals surface area contributed by atoms with Crippen molar-refractivity contribution in [2.45, 2.75) is 12.6 Å². The molecule has 0 saturated carbocycles. The van der Waals surface area contributed by atoms with Gasteiger partial charge in [0.15, 0.2) is 0 Å². The lowest BCUT2D eigenvalue weighted by molar-refractivity contribution is -0.143. The van der Waals surface area contributed by atoms with Gasteiger partial charge in [0.05, 0.1) is 25.1 Å². The SMILES string of the molecule is COc1ccc2c(CC#N)c(C(F)(F)F)n(C)c2c1. The second-order valence-electron chi connectivity index (χ2n) is 4.10. The number of aryl methyl sites for hydroxylation is 1. The van der Waals surface area contributed by atoms with Crippen LogP contribution in [0.3, 0.4) is 0 Å². The lowest BCUT2D eigenvalue weighted by Crippen LogP contribution is -2.13. The molecular weight excluding hydrogens is 257 g/mol. The molecule has 2 aromatic rings. The van der Waals surface area contributed by atoms with E-state index in [0.29, 0.717) is 16.7 Å². The van der Waals surface area contributed by atoms with Crippen molar-refractivity contribution in [1.82, 2.24) is 4.57 Å². The fraction of sp³-hybridized carbons (Fsp3) is 0.308. The van der Waals surface area contributed by atoms with Crippen LogP contribution in [0, 0.1) is 11.3 Å². The quantitative estimate of drug-likeness (QED) is 0.838. The number of fused-ring (bicyclic) bond motifs is 1. The Morgan fingerprint density at radius 2 is 2.05 bits per heavy atom. The highest BCUT2D eigenvalue weighted by Crippen LogP contribution is 2.38. The molecule has 0 spiro atoms. The maximum absolute atomic E-state index is 13.1. The normalized spacial score (nSPS) is 11.6. The zero-order chi connectivity index (χ0) is 14.2. The molecule has 0 aliphatic rings. The first-order valence-corrected chi connectivity index (χ1v) is 5.49. The van der Waals surface area contributed by atoms with Crippen molar-refractivity contribution in [1.29, 1.82) is 5.26 Å². The monoisotopic (exact) mass is 268 g/mol. The number of nitriles is 1. The molecular formula is C13H11F3N2O. The average Bonchev–Trinajstić information content (AvgIpc) is 2.62. The standard InChI is InChI=1S/C13H11F3N2O/c1-18-11-7-8(19-2)3-4-9(11)10(5-6-17)12(18)13(14,15)16/h3-4,7H,5H2,1-2H3. The number of alkyl halides is 3. The number of methoxy groups -OCH3 is 1. The van der Waals surface area contributed by atoms with Crippen LogP contribution in [0.25, 0.3) is 10.9 Å². The summed E-state index contributed by atoms with van der Waals surface area (Å²) < 4.78 is 45.3. The topological polar surface area (TPSA) is 37.9 Å². The Balaban J connectivity index is 2.84. The first-order valence-electron chi connectivity index (χ1n) is 5.49. The molecule has 0 N–H and O–H groups in total. The van der Waals surface area contributed by atoms with Crippen molar-refractivity contribution >= 4 is 10.9 Å². The number of nitrogens with zero attached hydrogens (tertiary/aromatic N) is 2. The Morgan fingerprint density at radius 3 is 2.58 bits per heavy atom. The Morgan fingerprint density at radius 1 is 1.37 bits per heavy atom. The predicted molar refractivity (Wildman–Crippen MR) is 63.8 cm³/mol. The van der Waals surface area contributed by atoms with Gasteiger partial charge in [0, 0.05) is 24.1 Å². The van der Waals surface area contributed by atoms with E-state index in [0.717, 1.165) is 4.57 Å². The summed E-state index contributed by atoms with van der Waals surface area (Å²) in [6.45, 7) is 0. The van der Waals surface area contributed by atoms with Crippen LogP contribution in [0.4, 0.5) is 13.2 Å². The van der Waals surface area contributed by atoms with E-state index in [2.05, 4.69) is 0 Å². The van der Waals surface area contributed by atoms with Gasteiger partial charge in [-0.25, -0.2) is 0 Å². The molecule has 1 aromatic heterocycles. The van der Waals surface area contributed by atoms with Crippen LogP contribution in [0.5, 0.6) is 5.75 Å². The fourth-order valence-corrected chi connectivity index (χ4v) is 2.24. The molecule has 0 fully saturated rings. The van der Waals surface area contributed by atoms with Gasteiger partial charge in [-0.2, -0.15) is 18.4 Å². The minimum Gasteiger partial charge on any atom is -0.497 e. The number of halogens is 3. The molecule has 0 unspecified atom stereocenters. The van der Waals surface area contributed by atoms with Crippen molar-refractivity contribution in [3.8, 4) is 11.8 Å². The van der Waals surface area contributed by atoms with Gasteiger partial charge in [-0.15, -0.1) is 0 Å². The molecule has 0 amide bonds. The summed E-state index contributed by atoms with van der Waals surface area (Å²) in [5, 5.41) is 9.16. The van der Waals surface area contributed by atoms with Gasteiger partial charge in [-0.3, -0.25) is 0 Å². The van der Waals surface area contributed by atoms with Crippen molar-refractivity contribution in [2.24, 2.45) is 7.05 Å². The van der Waals surface area contributed by atoms with Crippen molar-refractivity contribution in [2.75, 3.05) is 7.11 Å². The molecule has 0 aliphatic heterocycles. The molecule has 0 atom stereocenters. The molecule has 6 heteroatoms. The number of hydrogen-bond acceptors (Lipinski definition) is 2. The lowest BCUT2D eigenvalue weighted by Gasteiger charge is -2.10. The van der Waals surface area contributed by atoms with Crippen molar-refractivity contribution in [3.63, 3.8) is 0 Å². The van der Waals surface area contributed by atoms with E-state index < -0.39 is 11.9 Å². The van der Waals surface area contributed by atoms with Crippen LogP contribution in [-0.2, 0) is 19.6 Å². The number of ether oxygens (including phenoxy) is 1. The summed E-state index contributed by atoms with van der Waals surface area (Å²) in [5.74, 6) is 0.477. The van der Waals surface area contributed by atoms with E-state index in [1.807, 2.05) is 0 Å². The lowest BCUT2D eigenvalue weighted by atomic mass is 10.1. The van der Waals surface area contributed by atoms with Gasteiger partial charge in [-0.05, 0) is 12.1 Å². The average molecular weight is 268 g/mol. The van der Waals surface area contributed by atoms with Crippen LogP contribution in [0.1, 0.15) is 11.3 Å². The number of rotatable bonds is 2. The molecule has 2 rings (SSSR count). The number of hydrogen-bond donors (Lipinski definition) is 0. The second kappa shape index (κ2) is 4.50. The highest BCUT2D eigenvalue weighted by atomic mass is 19.4. The Hall–Kier alpha value is -2.16. The van der Waals surface area contributed by atoms with Crippen LogP contribution in [-0.4, -0.2) is 11.7 Å². The number of benzene rings is 1. The fourth-order valence-electron chi connectivity index (χ4n) is 2.24. The summed E-state index contributed by atoms with van der Waals surface area (Å²) in [6, 6.07) is 6.46. The summed E-state index contributed by atoms with van der Waals surface area (Å²) in [7, 11) is 2.79. The Kier molecular flexibility index (Phi) is 3.14. The minimum absolute atomic E-state index is 0.00940. The Bertz CT molecular complexity index is 665. The summed E-state index contributed by atoms with van der Waals surface area (Å²) in [5.41, 5.74) is -0.371. The van der Waals surface area contributed by atoms with E-state index >= 15 is 0 Å². The molecule has 0 radical (unpaired) electrons. The summed E-state index contributed by atoms with van der Waals surface area (Å²) in [6.07, 6.45) is -4.77. The molecule has 1 aromatic carbocycles. The third-order valence-electron chi connectivity index (χ3n) is 3.04. The molecule has 19 heavy (non-hydrogen) atoms. The highest BCUT2D eigenvalue weighted by Gasteiger charge is 2.38. The van der Waals surface area contributed by atoms with Crippen LogP contribution >= 0.6 is 0 Å². The minimum atomic E-state index is -4.49. The number of aromatic nitrogens is 1. The van der Waals surface area contributed by atoms with Gasteiger partial charge in [0.1, 0.15) is 11.4 Å². The van der Waals surface area contributed by atoms with E-state index in [4.69, 9.17) is 10.00 Å². The predicted octanol–water partition coefficient (Wildman–Crippen LogP) is 3.27. The molecule has 0 aliphatic carbocycles. The zero-order valence-corrected chi connectivity index (χ0v) is 10.4. The van der Waals surface area contributed by atoms with Crippen molar-refractivity contribution in [3.05, 3.63) is 29.5 Å². The van der Waals surface area contributed by atoms with Crippen LogP contribution < -0.4 is 4.74 Å². The third-order valence-corrected chi connectivity index (χ3v) is 3.04. The molecule has 1 heterocycles. The van der Waals surface area contributed by atoms with E-state index in [1.165, 1.54) is 20.2 Å². The van der Waals surface area contributed by atoms with Gasteiger partial charge in [0.25, 0.3) is 0 Å². The molecule has 100 valence electrons. The summed E-state index contributed by atoms with van der Waals surface area (Å²) in [4.78, 5) is 0. The zero-order valence-electron chi connectivity index (χ0n) is 10.4. The van der Waals surface area contributed by atoms with Gasteiger partial charge < -0.3 is 9.30 Å². The van der Waals surface area contributed by atoms with Gasteiger partial charge in [-0.1, -0.05) is 0 Å². The van der Waals surface area contributed by atoms with E-state index in [-0.39, 0.29) is 12.0 Å². The van der Waals surface area contributed by atoms with Crippen LogP contribution in [0.15, 0.2) is 18.2 Å². The van der Waals surface area contributed by atoms with E-state index in [9.17, 15) is 13.2 Å². The van der Waals surface area contributed by atoms with E-state index in [1.54, 1.807) is 18.2 Å². The highest BCUT2D eigenvalue weighted by molar-refractivity contribution is 5.87. The Labute approximate surface area is 107 Å². The van der Waals surface area contributed by atoms with Crippen molar-refractivity contribution < 1.29 is 17.9 Å². The van der Waals surface area contributed by atoms with Gasteiger partial charge in [0.2, 0.25) is 0 Å². The first-order chi connectivity index (χ1) is 8.90. The molecule has 0 bridgehead atoms. The van der Waals surface area contributed by atoms with Crippen LogP contribution in [0.2, 0.25) is 0 Å². The van der Waals surface area contributed by atoms with Gasteiger partial charge >= 0.3 is 6.18 Å². The maximum atomic E-state index is 13.1. The largest absolute Gasteiger partial charge is 0.497 e. The molecule has 0 saturated heterocycles. The third kappa shape index (κ3) is 2.12. The maximum Gasteiger partial charge on any atom is 0.431 e. The first kappa shape index (κ1) is 13.3. The molecule has 3 nitrogen and oxygen atoms in total. The second-order valence-corrected chi connectivity index (χ2v) is 4.10.